The second-order valence-corrected chi connectivity index (χ2v) is 4.63. The second kappa shape index (κ2) is 9.85. The third-order valence-electron chi connectivity index (χ3n) is 2.88. The van der Waals surface area contributed by atoms with Gasteiger partial charge >= 0.3 is 5.97 Å². The smallest absolute Gasteiger partial charge is 0.305 e. The molecule has 0 bridgehead atoms. The van der Waals surface area contributed by atoms with E-state index in [1.165, 1.54) is 0 Å². The molecule has 7 N–H and O–H groups in total. The van der Waals surface area contributed by atoms with Crippen LogP contribution in [0.1, 0.15) is 26.2 Å². The van der Waals surface area contributed by atoms with Gasteiger partial charge in [0.25, 0.3) is 0 Å². The summed E-state index contributed by atoms with van der Waals surface area (Å²) in [5.41, 5.74) is 16.5. The van der Waals surface area contributed by atoms with Gasteiger partial charge in [-0.15, -0.1) is 0 Å². The molecule has 0 spiro atoms. The van der Waals surface area contributed by atoms with Crippen LogP contribution in [0.15, 0.2) is 0 Å². The van der Waals surface area contributed by atoms with Crippen molar-refractivity contribution in [1.82, 2.24) is 4.90 Å². The van der Waals surface area contributed by atoms with Crippen molar-refractivity contribution >= 4 is 11.8 Å². The largest absolute Gasteiger partial charge is 0.481 e. The third-order valence-corrected chi connectivity index (χ3v) is 2.88. The Morgan fingerprint density at radius 1 is 1.16 bits per heavy atom. The van der Waals surface area contributed by atoms with Crippen molar-refractivity contribution in [3.05, 3.63) is 0 Å². The highest BCUT2D eigenvalue weighted by molar-refractivity contribution is 5.91. The molecule has 7 nitrogen and oxygen atoms in total. The average Bonchev–Trinajstić information content (AvgIpc) is 2.35. The molecular formula is C12H26N4O3. The Bertz CT molecular complexity index is 276. The van der Waals surface area contributed by atoms with Crippen LogP contribution < -0.4 is 17.2 Å². The Balaban J connectivity index is 4.86. The first-order valence-electron chi connectivity index (χ1n) is 6.59. The standard InChI is InChI=1S/C12H26N4O3/c1-9(15)12(19)10(8-11(17)18)16(6-2-4-13)7-3-5-14/h9-10H,2-8,13-15H2,1H3,(H,17,18). The Kier molecular flexibility index (Phi) is 9.32. The van der Waals surface area contributed by atoms with E-state index in [2.05, 4.69) is 0 Å². The van der Waals surface area contributed by atoms with Gasteiger partial charge in [0.2, 0.25) is 0 Å². The number of hydrogen-bond donors (Lipinski definition) is 4. The molecule has 0 saturated heterocycles. The van der Waals surface area contributed by atoms with E-state index in [-0.39, 0.29) is 12.2 Å². The molecular weight excluding hydrogens is 248 g/mol. The van der Waals surface area contributed by atoms with E-state index in [1.54, 1.807) is 6.92 Å². The molecule has 0 aliphatic rings. The van der Waals surface area contributed by atoms with E-state index in [1.807, 2.05) is 4.90 Å². The minimum atomic E-state index is -1.01. The van der Waals surface area contributed by atoms with Crippen molar-refractivity contribution in [1.29, 1.82) is 0 Å². The lowest BCUT2D eigenvalue weighted by molar-refractivity contribution is -0.141. The van der Waals surface area contributed by atoms with E-state index >= 15 is 0 Å². The number of hydrogen-bond acceptors (Lipinski definition) is 6. The molecule has 0 aliphatic carbocycles. The van der Waals surface area contributed by atoms with Crippen LogP contribution in [0.2, 0.25) is 0 Å². The van der Waals surface area contributed by atoms with Crippen molar-refractivity contribution in [3.63, 3.8) is 0 Å². The Labute approximate surface area is 114 Å². The van der Waals surface area contributed by atoms with E-state index < -0.39 is 18.1 Å². The molecule has 0 heterocycles. The van der Waals surface area contributed by atoms with E-state index in [4.69, 9.17) is 22.3 Å². The first kappa shape index (κ1) is 18.0. The van der Waals surface area contributed by atoms with Gasteiger partial charge in [0.1, 0.15) is 0 Å². The molecule has 0 aromatic heterocycles. The Hall–Kier alpha value is -1.02. The van der Waals surface area contributed by atoms with E-state index in [0.717, 1.165) is 0 Å². The zero-order chi connectivity index (χ0) is 14.8. The lowest BCUT2D eigenvalue weighted by Crippen LogP contribution is -2.49. The van der Waals surface area contributed by atoms with Crippen LogP contribution in [0.3, 0.4) is 0 Å². The number of rotatable bonds is 11. The maximum Gasteiger partial charge on any atom is 0.305 e. The molecule has 0 fully saturated rings. The summed E-state index contributed by atoms with van der Waals surface area (Å²) in [6, 6.07) is -1.38. The summed E-state index contributed by atoms with van der Waals surface area (Å²) in [5, 5.41) is 8.95. The van der Waals surface area contributed by atoms with Gasteiger partial charge in [-0.05, 0) is 32.9 Å². The zero-order valence-corrected chi connectivity index (χ0v) is 11.5. The van der Waals surface area contributed by atoms with Gasteiger partial charge in [0.15, 0.2) is 5.78 Å². The van der Waals surface area contributed by atoms with Crippen molar-refractivity contribution < 1.29 is 14.7 Å². The molecule has 0 aromatic rings. The molecule has 2 unspecified atom stereocenters. The number of Topliss-reactive ketones (excluding diaryl/α,β-unsaturated/α-hetero) is 1. The summed E-state index contributed by atoms with van der Waals surface area (Å²) >= 11 is 0. The molecule has 7 heteroatoms. The van der Waals surface area contributed by atoms with Crippen molar-refractivity contribution in [2.75, 3.05) is 26.2 Å². The van der Waals surface area contributed by atoms with Gasteiger partial charge in [0.05, 0.1) is 18.5 Å². The molecule has 0 rings (SSSR count). The monoisotopic (exact) mass is 274 g/mol. The van der Waals surface area contributed by atoms with Crippen LogP contribution in [0, 0.1) is 0 Å². The third kappa shape index (κ3) is 7.22. The summed E-state index contributed by atoms with van der Waals surface area (Å²) in [4.78, 5) is 24.8. The predicted molar refractivity (Wildman–Crippen MR) is 73.6 cm³/mol. The lowest BCUT2D eigenvalue weighted by atomic mass is 10.0. The molecule has 0 amide bonds. The van der Waals surface area contributed by atoms with Crippen LogP contribution in [0.4, 0.5) is 0 Å². The quantitative estimate of drug-likeness (QED) is 0.369. The highest BCUT2D eigenvalue weighted by Crippen LogP contribution is 2.10. The molecule has 0 aliphatic heterocycles. The van der Waals surface area contributed by atoms with Gasteiger partial charge < -0.3 is 22.3 Å². The van der Waals surface area contributed by atoms with Gasteiger partial charge in [-0.2, -0.15) is 0 Å². The number of carbonyl (C=O) groups excluding carboxylic acids is 1. The summed E-state index contributed by atoms with van der Waals surface area (Å²) in [6.45, 7) is 3.71. The first-order valence-corrected chi connectivity index (χ1v) is 6.59. The SMILES string of the molecule is CC(N)C(=O)C(CC(=O)O)N(CCCN)CCCN. The summed E-state index contributed by atoms with van der Waals surface area (Å²) in [5.74, 6) is -1.26. The molecule has 0 saturated carbocycles. The van der Waals surface area contributed by atoms with Crippen LogP contribution in [0.25, 0.3) is 0 Å². The first-order chi connectivity index (χ1) is 8.93. The summed E-state index contributed by atoms with van der Waals surface area (Å²) in [6.07, 6.45) is 1.16. The second-order valence-electron chi connectivity index (χ2n) is 4.63. The highest BCUT2D eigenvalue weighted by atomic mass is 16.4. The molecule has 19 heavy (non-hydrogen) atoms. The minimum absolute atomic E-state index is 0.241. The topological polar surface area (TPSA) is 136 Å². The number of ketones is 1. The van der Waals surface area contributed by atoms with Crippen LogP contribution in [-0.4, -0.2) is 60.0 Å². The number of carbonyl (C=O) groups is 2. The molecule has 0 radical (unpaired) electrons. The molecule has 112 valence electrons. The van der Waals surface area contributed by atoms with Gasteiger partial charge in [-0.3, -0.25) is 14.5 Å². The normalized spacial score (nSPS) is 14.4. The molecule has 0 aromatic carbocycles. The fraction of sp³-hybridized carbons (Fsp3) is 0.833. The van der Waals surface area contributed by atoms with Crippen LogP contribution >= 0.6 is 0 Å². The van der Waals surface area contributed by atoms with E-state index in [9.17, 15) is 9.59 Å². The van der Waals surface area contributed by atoms with Crippen LogP contribution in [0.5, 0.6) is 0 Å². The highest BCUT2D eigenvalue weighted by Gasteiger charge is 2.29. The zero-order valence-electron chi connectivity index (χ0n) is 11.5. The number of carboxylic acids is 1. The van der Waals surface area contributed by atoms with Crippen LogP contribution in [-0.2, 0) is 9.59 Å². The number of nitrogens with zero attached hydrogens (tertiary/aromatic N) is 1. The Morgan fingerprint density at radius 3 is 1.95 bits per heavy atom. The predicted octanol–water partition coefficient (Wildman–Crippen LogP) is -1.25. The van der Waals surface area contributed by atoms with Crippen molar-refractivity contribution in [3.8, 4) is 0 Å². The molecule has 2 atom stereocenters. The number of aliphatic carboxylic acids is 1. The number of carboxylic acid groups (broad SMARTS) is 1. The lowest BCUT2D eigenvalue weighted by Gasteiger charge is -2.30. The fourth-order valence-electron chi connectivity index (χ4n) is 1.89. The van der Waals surface area contributed by atoms with Gasteiger partial charge in [0, 0.05) is 13.1 Å². The van der Waals surface area contributed by atoms with Gasteiger partial charge in [-0.25, -0.2) is 0 Å². The average molecular weight is 274 g/mol. The van der Waals surface area contributed by atoms with Gasteiger partial charge in [-0.1, -0.05) is 0 Å². The summed E-state index contributed by atoms with van der Waals surface area (Å²) < 4.78 is 0. The minimum Gasteiger partial charge on any atom is -0.481 e. The number of nitrogens with two attached hydrogens (primary N) is 3. The van der Waals surface area contributed by atoms with Crippen molar-refractivity contribution in [2.45, 2.75) is 38.3 Å². The maximum absolute atomic E-state index is 12.1. The maximum atomic E-state index is 12.1. The fourth-order valence-corrected chi connectivity index (χ4v) is 1.89. The summed E-state index contributed by atoms with van der Waals surface area (Å²) in [7, 11) is 0. The van der Waals surface area contributed by atoms with E-state index in [0.29, 0.717) is 39.0 Å². The Morgan fingerprint density at radius 2 is 1.63 bits per heavy atom. The van der Waals surface area contributed by atoms with Crippen molar-refractivity contribution in [2.24, 2.45) is 17.2 Å².